The molecule has 0 amide bonds. The molecule has 1 N–H and O–H groups in total. The molecule has 6 nitrogen and oxygen atoms in total. The quantitative estimate of drug-likeness (QED) is 0.430. The number of methoxy groups -OCH3 is 1. The molecule has 0 saturated carbocycles. The van der Waals surface area contributed by atoms with Crippen LogP contribution in [0.2, 0.25) is 0 Å². The highest BCUT2D eigenvalue weighted by molar-refractivity contribution is 5.63. The maximum Gasteiger partial charge on any atom is 0.150 e. The molecule has 0 spiro atoms. The monoisotopic (exact) mass is 420 g/mol. The van der Waals surface area contributed by atoms with Crippen molar-refractivity contribution in [2.24, 2.45) is 0 Å². The molecule has 4 rings (SSSR count). The Labute approximate surface area is 180 Å². The Bertz CT molecular complexity index is 1150. The van der Waals surface area contributed by atoms with Gasteiger partial charge in [0.05, 0.1) is 30.7 Å². The molecule has 0 bridgehead atoms. The van der Waals surface area contributed by atoms with Gasteiger partial charge in [-0.2, -0.15) is 5.10 Å². The van der Waals surface area contributed by atoms with E-state index in [-0.39, 0.29) is 5.82 Å². The van der Waals surface area contributed by atoms with Crippen LogP contribution < -0.4 is 10.1 Å². The van der Waals surface area contributed by atoms with Gasteiger partial charge in [-0.3, -0.25) is 0 Å². The van der Waals surface area contributed by atoms with Gasteiger partial charge in [0.2, 0.25) is 0 Å². The summed E-state index contributed by atoms with van der Waals surface area (Å²) in [6.45, 7) is 5.23. The average molecular weight is 420 g/mol. The highest BCUT2D eigenvalue weighted by Crippen LogP contribution is 2.25. The molecule has 2 heterocycles. The van der Waals surface area contributed by atoms with Crippen molar-refractivity contribution in [3.05, 3.63) is 83.6 Å². The largest absolute Gasteiger partial charge is 0.497 e. The van der Waals surface area contributed by atoms with Gasteiger partial charge >= 0.3 is 0 Å². The first kappa shape index (κ1) is 20.8. The standard InChI is InChI=1S/C24H25FN4O2/c1-16(2)23-12-22(31-28-23)14-26-13-18-15-29(20-7-9-21(30-3)10-8-20)27-24(18)17-5-4-6-19(25)11-17/h4-12,15-16,26H,13-14H2,1-3H3. The fourth-order valence-corrected chi connectivity index (χ4v) is 3.29. The maximum atomic E-state index is 13.9. The lowest BCUT2D eigenvalue weighted by atomic mass is 10.1. The van der Waals surface area contributed by atoms with Crippen molar-refractivity contribution in [1.29, 1.82) is 0 Å². The van der Waals surface area contributed by atoms with E-state index >= 15 is 0 Å². The van der Waals surface area contributed by atoms with Crippen LogP contribution in [0, 0.1) is 5.82 Å². The van der Waals surface area contributed by atoms with Crippen molar-refractivity contribution in [3.8, 4) is 22.7 Å². The second-order valence-corrected chi connectivity index (χ2v) is 7.63. The molecular weight excluding hydrogens is 395 g/mol. The maximum absolute atomic E-state index is 13.9. The van der Waals surface area contributed by atoms with Crippen LogP contribution in [0.1, 0.15) is 36.8 Å². The number of benzene rings is 2. The summed E-state index contributed by atoms with van der Waals surface area (Å²) >= 11 is 0. The number of aromatic nitrogens is 3. The van der Waals surface area contributed by atoms with E-state index in [9.17, 15) is 4.39 Å². The topological polar surface area (TPSA) is 65.1 Å². The fraction of sp³-hybridized carbons (Fsp3) is 0.250. The summed E-state index contributed by atoms with van der Waals surface area (Å²) in [5, 5.41) is 12.2. The first-order valence-corrected chi connectivity index (χ1v) is 10.2. The van der Waals surface area contributed by atoms with Crippen molar-refractivity contribution in [1.82, 2.24) is 20.3 Å². The Kier molecular flexibility index (Phi) is 6.13. The molecule has 0 radical (unpaired) electrons. The molecular formula is C24H25FN4O2. The van der Waals surface area contributed by atoms with E-state index in [4.69, 9.17) is 14.4 Å². The SMILES string of the molecule is COc1ccc(-n2cc(CNCc3cc(C(C)C)no3)c(-c3cccc(F)c3)n2)cc1. The molecule has 160 valence electrons. The Morgan fingerprint density at radius 3 is 2.58 bits per heavy atom. The molecule has 7 heteroatoms. The molecule has 0 fully saturated rings. The van der Waals surface area contributed by atoms with Crippen LogP contribution in [-0.2, 0) is 13.1 Å². The number of rotatable bonds is 8. The van der Waals surface area contributed by atoms with Gasteiger partial charge in [0, 0.05) is 29.9 Å². The van der Waals surface area contributed by atoms with E-state index in [2.05, 4.69) is 24.3 Å². The van der Waals surface area contributed by atoms with Gasteiger partial charge in [-0.1, -0.05) is 31.1 Å². The van der Waals surface area contributed by atoms with Crippen LogP contribution >= 0.6 is 0 Å². The van der Waals surface area contributed by atoms with E-state index in [1.807, 2.05) is 42.6 Å². The van der Waals surface area contributed by atoms with Crippen LogP contribution in [0.4, 0.5) is 4.39 Å². The van der Waals surface area contributed by atoms with Crippen LogP contribution in [0.25, 0.3) is 16.9 Å². The zero-order valence-corrected chi connectivity index (χ0v) is 17.8. The zero-order valence-electron chi connectivity index (χ0n) is 17.8. The van der Waals surface area contributed by atoms with Gasteiger partial charge in [-0.25, -0.2) is 9.07 Å². The van der Waals surface area contributed by atoms with Crippen LogP contribution in [-0.4, -0.2) is 22.0 Å². The number of nitrogens with one attached hydrogen (secondary N) is 1. The van der Waals surface area contributed by atoms with Crippen LogP contribution in [0.5, 0.6) is 5.75 Å². The van der Waals surface area contributed by atoms with Crippen LogP contribution in [0.3, 0.4) is 0 Å². The summed E-state index contributed by atoms with van der Waals surface area (Å²) < 4.78 is 26.3. The molecule has 0 atom stereocenters. The van der Waals surface area contributed by atoms with Gasteiger partial charge in [0.15, 0.2) is 5.76 Å². The van der Waals surface area contributed by atoms with E-state index in [0.29, 0.717) is 19.0 Å². The number of ether oxygens (including phenoxy) is 1. The smallest absolute Gasteiger partial charge is 0.150 e. The van der Waals surface area contributed by atoms with Gasteiger partial charge in [-0.15, -0.1) is 0 Å². The molecule has 4 aromatic rings. The molecule has 0 saturated heterocycles. The Balaban J connectivity index is 1.58. The molecule has 0 aliphatic carbocycles. The highest BCUT2D eigenvalue weighted by Gasteiger charge is 2.14. The lowest BCUT2D eigenvalue weighted by molar-refractivity contribution is 0.365. The zero-order chi connectivity index (χ0) is 21.8. The van der Waals surface area contributed by atoms with Crippen molar-refractivity contribution >= 4 is 0 Å². The van der Waals surface area contributed by atoms with Gasteiger partial charge in [-0.05, 0) is 42.3 Å². The van der Waals surface area contributed by atoms with E-state index in [0.717, 1.165) is 39.7 Å². The summed E-state index contributed by atoms with van der Waals surface area (Å²) in [7, 11) is 1.63. The second kappa shape index (κ2) is 9.14. The predicted molar refractivity (Wildman–Crippen MR) is 117 cm³/mol. The first-order chi connectivity index (χ1) is 15.0. The predicted octanol–water partition coefficient (Wildman–Crippen LogP) is 5.09. The number of hydrogen-bond donors (Lipinski definition) is 1. The average Bonchev–Trinajstić information content (AvgIpc) is 3.42. The van der Waals surface area contributed by atoms with E-state index in [1.54, 1.807) is 17.9 Å². The van der Waals surface area contributed by atoms with Crippen molar-refractivity contribution in [3.63, 3.8) is 0 Å². The summed E-state index contributed by atoms with van der Waals surface area (Å²) in [4.78, 5) is 0. The Hall–Kier alpha value is -3.45. The van der Waals surface area contributed by atoms with Gasteiger partial charge in [0.25, 0.3) is 0 Å². The molecule has 0 aliphatic rings. The third kappa shape index (κ3) is 4.83. The lowest BCUT2D eigenvalue weighted by Crippen LogP contribution is -2.12. The van der Waals surface area contributed by atoms with E-state index in [1.165, 1.54) is 12.1 Å². The number of halogens is 1. The lowest BCUT2D eigenvalue weighted by Gasteiger charge is -2.04. The van der Waals surface area contributed by atoms with Gasteiger partial charge in [0.1, 0.15) is 11.6 Å². The van der Waals surface area contributed by atoms with Crippen LogP contribution in [0.15, 0.2) is 65.3 Å². The Morgan fingerprint density at radius 1 is 1.10 bits per heavy atom. The summed E-state index contributed by atoms with van der Waals surface area (Å²) in [6, 6.07) is 16.1. The molecule has 2 aromatic heterocycles. The summed E-state index contributed by atoms with van der Waals surface area (Å²) in [5.41, 5.74) is 4.23. The minimum atomic E-state index is -0.293. The molecule has 2 aromatic carbocycles. The molecule has 31 heavy (non-hydrogen) atoms. The third-order valence-electron chi connectivity index (χ3n) is 5.01. The summed E-state index contributed by atoms with van der Waals surface area (Å²) in [6.07, 6.45) is 1.95. The Morgan fingerprint density at radius 2 is 1.90 bits per heavy atom. The number of nitrogens with zero attached hydrogens (tertiary/aromatic N) is 3. The summed E-state index contributed by atoms with van der Waals surface area (Å²) in [5.74, 6) is 1.58. The fourth-order valence-electron chi connectivity index (χ4n) is 3.29. The second-order valence-electron chi connectivity index (χ2n) is 7.63. The molecule has 0 unspecified atom stereocenters. The van der Waals surface area contributed by atoms with Crippen molar-refractivity contribution < 1.29 is 13.7 Å². The van der Waals surface area contributed by atoms with Gasteiger partial charge < -0.3 is 14.6 Å². The third-order valence-corrected chi connectivity index (χ3v) is 5.01. The van der Waals surface area contributed by atoms with Crippen molar-refractivity contribution in [2.45, 2.75) is 32.9 Å². The first-order valence-electron chi connectivity index (χ1n) is 10.2. The molecule has 0 aliphatic heterocycles. The minimum Gasteiger partial charge on any atom is -0.497 e. The minimum absolute atomic E-state index is 0.293. The van der Waals surface area contributed by atoms with Crippen molar-refractivity contribution in [2.75, 3.05) is 7.11 Å². The van der Waals surface area contributed by atoms with E-state index < -0.39 is 0 Å². The normalized spacial score (nSPS) is 11.3. The highest BCUT2D eigenvalue weighted by atomic mass is 19.1. The number of hydrogen-bond acceptors (Lipinski definition) is 5.